The van der Waals surface area contributed by atoms with Gasteiger partial charge in [0.05, 0.1) is 5.39 Å². The number of nitrogens with zero attached hydrogens (tertiary/aromatic N) is 3. The number of halogens is 1. The van der Waals surface area contributed by atoms with Crippen molar-refractivity contribution < 1.29 is 0 Å². The molecule has 19 heavy (non-hydrogen) atoms. The molecule has 3 aromatic heterocycles. The fourth-order valence-electron chi connectivity index (χ4n) is 1.97. The summed E-state index contributed by atoms with van der Waals surface area (Å²) in [6.45, 7) is 6.14. The smallest absolute Gasteiger partial charge is 0.180 e. The van der Waals surface area contributed by atoms with Crippen LogP contribution in [0.5, 0.6) is 0 Å². The van der Waals surface area contributed by atoms with Gasteiger partial charge >= 0.3 is 0 Å². The van der Waals surface area contributed by atoms with E-state index in [0.717, 1.165) is 27.0 Å². The van der Waals surface area contributed by atoms with E-state index in [2.05, 4.69) is 21.9 Å². The Hall–Kier alpha value is -1.52. The van der Waals surface area contributed by atoms with Crippen LogP contribution in [0.1, 0.15) is 16.0 Å². The van der Waals surface area contributed by atoms with Crippen LogP contribution in [-0.4, -0.2) is 15.0 Å². The molecule has 96 valence electrons. The monoisotopic (exact) mass is 289 g/mol. The van der Waals surface area contributed by atoms with Gasteiger partial charge in [-0.25, -0.2) is 9.97 Å². The third-order valence-corrected chi connectivity index (χ3v) is 4.50. The van der Waals surface area contributed by atoms with Crippen LogP contribution in [0.15, 0.2) is 18.3 Å². The second-order valence-corrected chi connectivity index (χ2v) is 6.08. The minimum Gasteiger partial charge on any atom is -0.253 e. The Balaban J connectivity index is 2.27. The van der Waals surface area contributed by atoms with E-state index in [0.29, 0.717) is 11.0 Å². The topological polar surface area (TPSA) is 38.7 Å². The Kier molecular flexibility index (Phi) is 2.99. The zero-order valence-electron chi connectivity index (χ0n) is 10.9. The number of hydrogen-bond donors (Lipinski definition) is 0. The molecule has 0 radical (unpaired) electrons. The van der Waals surface area contributed by atoms with Crippen molar-refractivity contribution >= 4 is 33.2 Å². The van der Waals surface area contributed by atoms with Crippen molar-refractivity contribution in [3.8, 4) is 11.5 Å². The Morgan fingerprint density at radius 3 is 2.68 bits per heavy atom. The molecule has 0 unspecified atom stereocenters. The van der Waals surface area contributed by atoms with Crippen LogP contribution in [0, 0.1) is 20.8 Å². The Morgan fingerprint density at radius 2 is 1.95 bits per heavy atom. The van der Waals surface area contributed by atoms with Gasteiger partial charge in [0.2, 0.25) is 0 Å². The van der Waals surface area contributed by atoms with Crippen molar-refractivity contribution in [2.75, 3.05) is 0 Å². The molecule has 0 amide bonds. The molecule has 0 aliphatic carbocycles. The first-order valence-corrected chi connectivity index (χ1v) is 7.12. The SMILES string of the molecule is Cc1ccnc(-c2nc(Cl)c3c(C)c(C)sc3n2)c1. The largest absolute Gasteiger partial charge is 0.253 e. The fraction of sp³-hybridized carbons (Fsp3) is 0.214. The maximum atomic E-state index is 6.30. The molecule has 0 aliphatic rings. The second kappa shape index (κ2) is 4.54. The van der Waals surface area contributed by atoms with E-state index in [-0.39, 0.29) is 0 Å². The number of thiophene rings is 1. The maximum absolute atomic E-state index is 6.30. The molecular formula is C14H12ClN3S. The number of rotatable bonds is 1. The Labute approximate surface area is 120 Å². The molecular weight excluding hydrogens is 278 g/mol. The summed E-state index contributed by atoms with van der Waals surface area (Å²) in [4.78, 5) is 15.4. The van der Waals surface area contributed by atoms with E-state index in [9.17, 15) is 0 Å². The predicted octanol–water partition coefficient (Wildman–Crippen LogP) is 4.33. The third kappa shape index (κ3) is 2.11. The van der Waals surface area contributed by atoms with Gasteiger partial charge in [0.15, 0.2) is 5.82 Å². The zero-order chi connectivity index (χ0) is 13.6. The van der Waals surface area contributed by atoms with Crippen LogP contribution < -0.4 is 0 Å². The van der Waals surface area contributed by atoms with Crippen molar-refractivity contribution in [1.29, 1.82) is 0 Å². The quantitative estimate of drug-likeness (QED) is 0.626. The van der Waals surface area contributed by atoms with E-state index in [4.69, 9.17) is 11.6 Å². The van der Waals surface area contributed by atoms with Crippen molar-refractivity contribution in [1.82, 2.24) is 15.0 Å². The van der Waals surface area contributed by atoms with E-state index < -0.39 is 0 Å². The summed E-state index contributed by atoms with van der Waals surface area (Å²) in [6, 6.07) is 3.91. The molecule has 0 bridgehead atoms. The molecule has 0 spiro atoms. The second-order valence-electron chi connectivity index (χ2n) is 4.52. The summed E-state index contributed by atoms with van der Waals surface area (Å²) in [5.74, 6) is 0.586. The van der Waals surface area contributed by atoms with Crippen LogP contribution in [0.2, 0.25) is 5.15 Å². The highest BCUT2D eigenvalue weighted by Crippen LogP contribution is 2.34. The van der Waals surface area contributed by atoms with Gasteiger partial charge in [-0.05, 0) is 44.0 Å². The van der Waals surface area contributed by atoms with Crippen LogP contribution in [0.4, 0.5) is 0 Å². The van der Waals surface area contributed by atoms with Gasteiger partial charge in [0.1, 0.15) is 15.7 Å². The normalized spacial score (nSPS) is 11.2. The van der Waals surface area contributed by atoms with Crippen LogP contribution >= 0.6 is 22.9 Å². The molecule has 0 saturated heterocycles. The van der Waals surface area contributed by atoms with Gasteiger partial charge in [0.25, 0.3) is 0 Å². The lowest BCUT2D eigenvalue weighted by molar-refractivity contribution is 1.17. The zero-order valence-corrected chi connectivity index (χ0v) is 12.4. The van der Waals surface area contributed by atoms with E-state index in [1.165, 1.54) is 4.88 Å². The maximum Gasteiger partial charge on any atom is 0.180 e. The molecule has 0 saturated carbocycles. The van der Waals surface area contributed by atoms with Crippen molar-refractivity contribution in [2.45, 2.75) is 20.8 Å². The fourth-order valence-corrected chi connectivity index (χ4v) is 3.37. The van der Waals surface area contributed by atoms with E-state index in [1.807, 2.05) is 26.0 Å². The van der Waals surface area contributed by atoms with Gasteiger partial charge in [0, 0.05) is 11.1 Å². The van der Waals surface area contributed by atoms with Gasteiger partial charge in [-0.15, -0.1) is 11.3 Å². The van der Waals surface area contributed by atoms with Crippen LogP contribution in [-0.2, 0) is 0 Å². The first kappa shape index (κ1) is 12.5. The lowest BCUT2D eigenvalue weighted by Gasteiger charge is -2.02. The molecule has 3 heterocycles. The van der Waals surface area contributed by atoms with Crippen LogP contribution in [0.25, 0.3) is 21.7 Å². The van der Waals surface area contributed by atoms with E-state index >= 15 is 0 Å². The first-order chi connectivity index (χ1) is 9.06. The summed E-state index contributed by atoms with van der Waals surface area (Å²) in [5.41, 5.74) is 3.05. The number of hydrogen-bond acceptors (Lipinski definition) is 4. The highest BCUT2D eigenvalue weighted by Gasteiger charge is 2.14. The molecule has 0 aromatic carbocycles. The highest BCUT2D eigenvalue weighted by atomic mass is 35.5. The summed E-state index contributed by atoms with van der Waals surface area (Å²) >= 11 is 7.94. The highest BCUT2D eigenvalue weighted by molar-refractivity contribution is 7.18. The summed E-state index contributed by atoms with van der Waals surface area (Å²) in [7, 11) is 0. The predicted molar refractivity (Wildman–Crippen MR) is 79.9 cm³/mol. The summed E-state index contributed by atoms with van der Waals surface area (Å²) < 4.78 is 0. The molecule has 3 rings (SSSR count). The molecule has 3 aromatic rings. The van der Waals surface area contributed by atoms with Gasteiger partial charge in [-0.1, -0.05) is 11.6 Å². The van der Waals surface area contributed by atoms with Gasteiger partial charge in [-0.3, -0.25) is 4.98 Å². The average molecular weight is 290 g/mol. The molecule has 0 aliphatic heterocycles. The number of pyridine rings is 1. The molecule has 3 nitrogen and oxygen atoms in total. The number of aromatic nitrogens is 3. The van der Waals surface area contributed by atoms with E-state index in [1.54, 1.807) is 17.5 Å². The minimum absolute atomic E-state index is 0.505. The Morgan fingerprint density at radius 1 is 1.16 bits per heavy atom. The van der Waals surface area contributed by atoms with Crippen molar-refractivity contribution in [3.05, 3.63) is 39.5 Å². The first-order valence-electron chi connectivity index (χ1n) is 5.92. The third-order valence-electron chi connectivity index (χ3n) is 3.13. The molecule has 0 atom stereocenters. The lowest BCUT2D eigenvalue weighted by atomic mass is 10.2. The Bertz CT molecular complexity index is 780. The van der Waals surface area contributed by atoms with Crippen LogP contribution in [0.3, 0.4) is 0 Å². The number of fused-ring (bicyclic) bond motifs is 1. The summed E-state index contributed by atoms with van der Waals surface area (Å²) in [6.07, 6.45) is 1.76. The minimum atomic E-state index is 0.505. The molecule has 0 N–H and O–H groups in total. The average Bonchev–Trinajstić information content (AvgIpc) is 2.65. The lowest BCUT2D eigenvalue weighted by Crippen LogP contribution is -1.93. The summed E-state index contributed by atoms with van der Waals surface area (Å²) in [5, 5.41) is 1.46. The van der Waals surface area contributed by atoms with Gasteiger partial charge in [-0.2, -0.15) is 0 Å². The number of aryl methyl sites for hydroxylation is 3. The standard InChI is InChI=1S/C14H12ClN3S/c1-7-4-5-16-10(6-7)13-17-12(15)11-8(2)9(3)19-14(11)18-13/h4-6H,1-3H3. The molecule has 0 fully saturated rings. The molecule has 5 heteroatoms. The van der Waals surface area contributed by atoms with Crippen molar-refractivity contribution in [3.63, 3.8) is 0 Å². The van der Waals surface area contributed by atoms with Crippen molar-refractivity contribution in [2.24, 2.45) is 0 Å². The van der Waals surface area contributed by atoms with Gasteiger partial charge < -0.3 is 0 Å².